The Morgan fingerprint density at radius 1 is 1.08 bits per heavy atom. The number of ether oxygens (including phenoxy) is 1. The van der Waals surface area contributed by atoms with Gasteiger partial charge in [-0.05, 0) is 17.7 Å². The number of H-pyrrole nitrogens is 1. The summed E-state index contributed by atoms with van der Waals surface area (Å²) in [5.41, 5.74) is 1.85. The molecule has 1 atom stereocenters. The number of anilines is 1. The Balaban J connectivity index is 1.85. The number of fused-ring (bicyclic) bond motifs is 1. The van der Waals surface area contributed by atoms with Crippen molar-refractivity contribution < 1.29 is 9.53 Å². The second-order valence-electron chi connectivity index (χ2n) is 6.12. The molecule has 6 nitrogen and oxygen atoms in total. The van der Waals surface area contributed by atoms with E-state index in [9.17, 15) is 9.59 Å². The Morgan fingerprint density at radius 2 is 1.88 bits per heavy atom. The molecule has 4 rings (SSSR count). The molecule has 3 aromatic rings. The van der Waals surface area contributed by atoms with Gasteiger partial charge in [0.05, 0.1) is 12.7 Å². The van der Waals surface area contributed by atoms with Crippen LogP contribution in [0.2, 0.25) is 0 Å². The van der Waals surface area contributed by atoms with E-state index in [1.54, 1.807) is 7.11 Å². The average molecular weight is 347 g/mol. The molecule has 2 aromatic carbocycles. The number of aromatic amines is 1. The average Bonchev–Trinajstić information content (AvgIpc) is 2.67. The van der Waals surface area contributed by atoms with Crippen molar-refractivity contribution in [3.8, 4) is 17.1 Å². The van der Waals surface area contributed by atoms with Crippen molar-refractivity contribution in [1.82, 2.24) is 9.97 Å². The molecule has 2 heterocycles. The number of benzene rings is 2. The molecular formula is C20H17N3O3. The molecule has 130 valence electrons. The number of methoxy groups -OCH3 is 1. The molecule has 2 N–H and O–H groups in total. The Bertz CT molecular complexity index is 1030. The van der Waals surface area contributed by atoms with Gasteiger partial charge in [-0.3, -0.25) is 9.59 Å². The first-order chi connectivity index (χ1) is 12.7. The predicted octanol–water partition coefficient (Wildman–Crippen LogP) is 2.92. The van der Waals surface area contributed by atoms with Gasteiger partial charge in [-0.2, -0.15) is 0 Å². The number of carbonyl (C=O) groups excluding carboxylic acids is 1. The van der Waals surface area contributed by atoms with E-state index in [-0.39, 0.29) is 23.8 Å². The number of hydrogen-bond acceptors (Lipinski definition) is 4. The molecule has 1 aliphatic heterocycles. The summed E-state index contributed by atoms with van der Waals surface area (Å²) in [7, 11) is 1.58. The number of rotatable bonds is 3. The summed E-state index contributed by atoms with van der Waals surface area (Å²) in [6, 6.07) is 16.7. The van der Waals surface area contributed by atoms with Gasteiger partial charge in [0.2, 0.25) is 5.91 Å². The molecule has 1 amide bonds. The highest BCUT2D eigenvalue weighted by Crippen LogP contribution is 2.35. The fourth-order valence-corrected chi connectivity index (χ4v) is 3.25. The first kappa shape index (κ1) is 16.1. The van der Waals surface area contributed by atoms with E-state index in [0.717, 1.165) is 11.1 Å². The van der Waals surface area contributed by atoms with Gasteiger partial charge in [-0.25, -0.2) is 4.98 Å². The van der Waals surface area contributed by atoms with E-state index in [2.05, 4.69) is 15.3 Å². The van der Waals surface area contributed by atoms with Crippen molar-refractivity contribution >= 4 is 11.7 Å². The Kier molecular flexibility index (Phi) is 4.01. The van der Waals surface area contributed by atoms with E-state index in [0.29, 0.717) is 23.0 Å². The van der Waals surface area contributed by atoms with Crippen LogP contribution in [0, 0.1) is 0 Å². The lowest BCUT2D eigenvalue weighted by molar-refractivity contribution is -0.116. The van der Waals surface area contributed by atoms with Crippen LogP contribution in [0.25, 0.3) is 11.4 Å². The molecule has 0 radical (unpaired) electrons. The van der Waals surface area contributed by atoms with E-state index < -0.39 is 0 Å². The third kappa shape index (κ3) is 2.86. The van der Waals surface area contributed by atoms with E-state index >= 15 is 0 Å². The van der Waals surface area contributed by atoms with E-state index in [4.69, 9.17) is 4.74 Å². The molecule has 0 spiro atoms. The number of amides is 1. The summed E-state index contributed by atoms with van der Waals surface area (Å²) in [5, 5.41) is 2.74. The van der Waals surface area contributed by atoms with Gasteiger partial charge < -0.3 is 15.0 Å². The summed E-state index contributed by atoms with van der Waals surface area (Å²) in [6.07, 6.45) is 0.190. The Morgan fingerprint density at radius 3 is 2.65 bits per heavy atom. The van der Waals surface area contributed by atoms with Crippen molar-refractivity contribution in [2.24, 2.45) is 0 Å². The van der Waals surface area contributed by atoms with Gasteiger partial charge >= 0.3 is 0 Å². The minimum atomic E-state index is -0.366. The maximum atomic E-state index is 12.8. The first-order valence-electron chi connectivity index (χ1n) is 8.29. The summed E-state index contributed by atoms with van der Waals surface area (Å²) in [4.78, 5) is 32.4. The molecular weight excluding hydrogens is 330 g/mol. The third-order valence-electron chi connectivity index (χ3n) is 4.49. The van der Waals surface area contributed by atoms with Crippen molar-refractivity contribution in [1.29, 1.82) is 0 Å². The van der Waals surface area contributed by atoms with Crippen molar-refractivity contribution in [3.05, 3.63) is 76.1 Å². The van der Waals surface area contributed by atoms with Crippen LogP contribution < -0.4 is 15.6 Å². The first-order valence-corrected chi connectivity index (χ1v) is 8.29. The molecule has 1 aromatic heterocycles. The van der Waals surface area contributed by atoms with Crippen molar-refractivity contribution in [2.45, 2.75) is 12.3 Å². The smallest absolute Gasteiger partial charge is 0.257 e. The second kappa shape index (κ2) is 6.48. The van der Waals surface area contributed by atoms with Crippen LogP contribution in [-0.2, 0) is 4.79 Å². The van der Waals surface area contributed by atoms with Crippen LogP contribution in [0.1, 0.15) is 23.5 Å². The number of hydrogen-bond donors (Lipinski definition) is 2. The monoisotopic (exact) mass is 347 g/mol. The number of aromatic nitrogens is 2. The second-order valence-corrected chi connectivity index (χ2v) is 6.12. The SMILES string of the molecule is COc1cccc([C@H]2CC(=O)Nc3nc(-c4ccccc4)[nH]c(=O)c32)c1. The number of nitrogens with one attached hydrogen (secondary N) is 2. The zero-order valence-electron chi connectivity index (χ0n) is 14.2. The highest BCUT2D eigenvalue weighted by molar-refractivity contribution is 5.94. The molecule has 0 saturated heterocycles. The molecule has 0 bridgehead atoms. The summed E-state index contributed by atoms with van der Waals surface area (Å²) < 4.78 is 5.27. The zero-order valence-corrected chi connectivity index (χ0v) is 14.2. The van der Waals surface area contributed by atoms with Crippen LogP contribution in [-0.4, -0.2) is 23.0 Å². The quantitative estimate of drug-likeness (QED) is 0.763. The maximum Gasteiger partial charge on any atom is 0.257 e. The molecule has 0 aliphatic carbocycles. The minimum Gasteiger partial charge on any atom is -0.497 e. The third-order valence-corrected chi connectivity index (χ3v) is 4.49. The molecule has 1 aliphatic rings. The number of carbonyl (C=O) groups is 1. The van der Waals surface area contributed by atoms with Crippen molar-refractivity contribution in [2.75, 3.05) is 12.4 Å². The van der Waals surface area contributed by atoms with Gasteiger partial charge in [0, 0.05) is 17.9 Å². The zero-order chi connectivity index (χ0) is 18.1. The maximum absolute atomic E-state index is 12.8. The summed E-state index contributed by atoms with van der Waals surface area (Å²) in [5.74, 6) is 0.898. The van der Waals surface area contributed by atoms with Crippen molar-refractivity contribution in [3.63, 3.8) is 0 Å². The van der Waals surface area contributed by atoms with Crippen LogP contribution >= 0.6 is 0 Å². The highest BCUT2D eigenvalue weighted by atomic mass is 16.5. The van der Waals surface area contributed by atoms with Gasteiger partial charge in [-0.1, -0.05) is 42.5 Å². The molecule has 0 saturated carbocycles. The predicted molar refractivity (Wildman–Crippen MR) is 98.4 cm³/mol. The minimum absolute atomic E-state index is 0.164. The van der Waals surface area contributed by atoms with Gasteiger partial charge in [0.15, 0.2) is 0 Å². The topological polar surface area (TPSA) is 84.1 Å². The summed E-state index contributed by atoms with van der Waals surface area (Å²) in [6.45, 7) is 0. The van der Waals surface area contributed by atoms with Crippen LogP contribution in [0.4, 0.5) is 5.82 Å². The lowest BCUT2D eigenvalue weighted by Gasteiger charge is -2.24. The fourth-order valence-electron chi connectivity index (χ4n) is 3.25. The highest BCUT2D eigenvalue weighted by Gasteiger charge is 2.31. The van der Waals surface area contributed by atoms with Crippen LogP contribution in [0.15, 0.2) is 59.4 Å². The van der Waals surface area contributed by atoms with Gasteiger partial charge in [0.1, 0.15) is 17.4 Å². The lowest BCUT2D eigenvalue weighted by Crippen LogP contribution is -2.31. The Hall–Kier alpha value is -3.41. The molecule has 0 unspecified atom stereocenters. The lowest BCUT2D eigenvalue weighted by atomic mass is 9.86. The van der Waals surface area contributed by atoms with E-state index in [1.807, 2.05) is 54.6 Å². The number of nitrogens with zero attached hydrogens (tertiary/aromatic N) is 1. The molecule has 0 fully saturated rings. The fraction of sp³-hybridized carbons (Fsp3) is 0.150. The van der Waals surface area contributed by atoms with Gasteiger partial charge in [-0.15, -0.1) is 0 Å². The van der Waals surface area contributed by atoms with Gasteiger partial charge in [0.25, 0.3) is 5.56 Å². The standard InChI is InChI=1S/C20H17N3O3/c1-26-14-9-5-8-13(10-14)15-11-16(24)21-19-17(15)20(25)23-18(22-19)12-6-3-2-4-7-12/h2-10,15H,11H2,1H3,(H2,21,22,23,24,25)/t15-/m1/s1. The van der Waals surface area contributed by atoms with E-state index in [1.165, 1.54) is 0 Å². The normalized spacial score (nSPS) is 15.9. The largest absolute Gasteiger partial charge is 0.497 e. The van der Waals surface area contributed by atoms with Crippen LogP contribution in [0.3, 0.4) is 0 Å². The molecule has 6 heteroatoms. The molecule has 26 heavy (non-hydrogen) atoms. The van der Waals surface area contributed by atoms with Crippen LogP contribution in [0.5, 0.6) is 5.75 Å². The summed E-state index contributed by atoms with van der Waals surface area (Å²) >= 11 is 0. The Labute approximate surface area is 149 Å².